The number of halogens is 2. The van der Waals surface area contributed by atoms with Gasteiger partial charge >= 0.3 is 0 Å². The smallest absolute Gasteiger partial charge is 0.110 e. The molecule has 0 spiro atoms. The van der Waals surface area contributed by atoms with Crippen molar-refractivity contribution in [1.29, 1.82) is 0 Å². The Morgan fingerprint density at radius 2 is 2.29 bits per heavy atom. The van der Waals surface area contributed by atoms with Gasteiger partial charge in [0, 0.05) is 41.3 Å². The summed E-state index contributed by atoms with van der Waals surface area (Å²) in [4.78, 5) is 5.66. The van der Waals surface area contributed by atoms with E-state index in [1.54, 1.807) is 11.3 Å². The van der Waals surface area contributed by atoms with Crippen LogP contribution in [0.1, 0.15) is 16.7 Å². The van der Waals surface area contributed by atoms with Gasteiger partial charge in [0.1, 0.15) is 5.82 Å². The predicted molar refractivity (Wildman–Crippen MR) is 78.4 cm³/mol. The van der Waals surface area contributed by atoms with E-state index in [2.05, 4.69) is 52.8 Å². The summed E-state index contributed by atoms with van der Waals surface area (Å²) in [7, 11) is 4.00. The lowest BCUT2D eigenvalue weighted by Crippen LogP contribution is -2.19. The fourth-order valence-corrected chi connectivity index (χ4v) is 3.86. The maximum Gasteiger partial charge on any atom is 0.110 e. The molecule has 17 heavy (non-hydrogen) atoms. The van der Waals surface area contributed by atoms with Crippen molar-refractivity contribution < 1.29 is 0 Å². The first-order chi connectivity index (χ1) is 8.11. The van der Waals surface area contributed by atoms with Gasteiger partial charge in [-0.2, -0.15) is 0 Å². The average molecular weight is 379 g/mol. The molecule has 0 aliphatic carbocycles. The summed E-state index contributed by atoms with van der Waals surface area (Å²) in [5.41, 5.74) is 0. The third-order valence-electron chi connectivity index (χ3n) is 2.66. The van der Waals surface area contributed by atoms with Gasteiger partial charge in [-0.25, -0.2) is 4.98 Å². The van der Waals surface area contributed by atoms with E-state index in [4.69, 9.17) is 0 Å². The first kappa shape index (κ1) is 13.3. The minimum Gasteiger partial charge on any atom is -0.338 e. The van der Waals surface area contributed by atoms with E-state index in [0.29, 0.717) is 6.04 Å². The summed E-state index contributed by atoms with van der Waals surface area (Å²) in [6.07, 6.45) is 4.70. The molecule has 2 aromatic heterocycles. The first-order valence-electron chi connectivity index (χ1n) is 5.20. The highest BCUT2D eigenvalue weighted by Gasteiger charge is 2.16. The number of aromatic nitrogens is 2. The van der Waals surface area contributed by atoms with Crippen LogP contribution in [-0.2, 0) is 13.5 Å². The molecule has 0 aliphatic rings. The summed E-state index contributed by atoms with van der Waals surface area (Å²) in [6, 6.07) is 2.45. The zero-order valence-corrected chi connectivity index (χ0v) is 13.6. The predicted octanol–water partition coefficient (Wildman–Crippen LogP) is 3.51. The van der Waals surface area contributed by atoms with Crippen LogP contribution in [-0.4, -0.2) is 16.6 Å². The molecule has 0 bridgehead atoms. The lowest BCUT2D eigenvalue weighted by molar-refractivity contribution is 0.572. The standard InChI is InChI=1S/C11H13Br2N3S/c1-14-8(6-10-15-3-4-16(10)2)9-5-7(12)11(13)17-9/h3-5,8,14H,6H2,1-2H3. The summed E-state index contributed by atoms with van der Waals surface area (Å²) in [5.74, 6) is 1.09. The maximum atomic E-state index is 4.36. The molecular formula is C11H13Br2N3S. The maximum absolute atomic E-state index is 4.36. The van der Waals surface area contributed by atoms with E-state index < -0.39 is 0 Å². The van der Waals surface area contributed by atoms with Gasteiger partial charge in [0.2, 0.25) is 0 Å². The molecule has 1 N–H and O–H groups in total. The highest BCUT2D eigenvalue weighted by atomic mass is 79.9. The monoisotopic (exact) mass is 377 g/mol. The Morgan fingerprint density at radius 3 is 2.76 bits per heavy atom. The molecule has 2 aromatic rings. The van der Waals surface area contributed by atoms with Crippen LogP contribution in [0, 0.1) is 0 Å². The number of nitrogens with one attached hydrogen (secondary N) is 1. The molecule has 0 amide bonds. The third-order valence-corrected chi connectivity index (χ3v) is 6.03. The fourth-order valence-electron chi connectivity index (χ4n) is 1.66. The van der Waals surface area contributed by atoms with Crippen LogP contribution in [0.25, 0.3) is 0 Å². The van der Waals surface area contributed by atoms with Crippen LogP contribution in [0.4, 0.5) is 0 Å². The Morgan fingerprint density at radius 1 is 1.53 bits per heavy atom. The number of rotatable bonds is 4. The summed E-state index contributed by atoms with van der Waals surface area (Å²) >= 11 is 8.79. The van der Waals surface area contributed by atoms with Crippen LogP contribution in [0.15, 0.2) is 26.7 Å². The quantitative estimate of drug-likeness (QED) is 0.882. The molecular weight excluding hydrogens is 366 g/mol. The first-order valence-corrected chi connectivity index (χ1v) is 7.60. The molecule has 1 unspecified atom stereocenters. The van der Waals surface area contributed by atoms with Crippen molar-refractivity contribution in [1.82, 2.24) is 14.9 Å². The lowest BCUT2D eigenvalue weighted by Gasteiger charge is -2.14. The lowest BCUT2D eigenvalue weighted by atomic mass is 10.1. The van der Waals surface area contributed by atoms with Gasteiger partial charge in [-0.1, -0.05) is 0 Å². The number of likely N-dealkylation sites (N-methyl/N-ethyl adjacent to an activating group) is 1. The van der Waals surface area contributed by atoms with E-state index >= 15 is 0 Å². The summed E-state index contributed by atoms with van der Waals surface area (Å²) < 4.78 is 4.30. The largest absolute Gasteiger partial charge is 0.338 e. The second-order valence-corrected chi connectivity index (χ2v) is 7.03. The van der Waals surface area contributed by atoms with Crippen LogP contribution >= 0.6 is 43.2 Å². The van der Waals surface area contributed by atoms with E-state index in [1.807, 2.05) is 26.5 Å². The van der Waals surface area contributed by atoms with Crippen molar-refractivity contribution in [2.45, 2.75) is 12.5 Å². The van der Waals surface area contributed by atoms with Crippen LogP contribution < -0.4 is 5.32 Å². The summed E-state index contributed by atoms with van der Waals surface area (Å²) in [6.45, 7) is 0. The molecule has 2 heterocycles. The number of aryl methyl sites for hydroxylation is 1. The number of imidazole rings is 1. The van der Waals surface area contributed by atoms with Gasteiger partial charge in [-0.3, -0.25) is 0 Å². The molecule has 0 aromatic carbocycles. The molecule has 0 saturated carbocycles. The molecule has 0 saturated heterocycles. The Labute approximate surface area is 122 Å². The van der Waals surface area contributed by atoms with Crippen molar-refractivity contribution >= 4 is 43.2 Å². The molecule has 0 fully saturated rings. The van der Waals surface area contributed by atoms with E-state index in [0.717, 1.165) is 20.5 Å². The Hall–Kier alpha value is -0.170. The highest BCUT2D eigenvalue weighted by molar-refractivity contribution is 9.13. The number of hydrogen-bond acceptors (Lipinski definition) is 3. The number of hydrogen-bond donors (Lipinski definition) is 1. The van der Waals surface area contributed by atoms with E-state index in [-0.39, 0.29) is 0 Å². The zero-order chi connectivity index (χ0) is 12.4. The average Bonchev–Trinajstić information content (AvgIpc) is 2.83. The summed E-state index contributed by atoms with van der Waals surface area (Å²) in [5, 5.41) is 3.34. The van der Waals surface area contributed by atoms with Crippen molar-refractivity contribution in [3.63, 3.8) is 0 Å². The fraction of sp³-hybridized carbons (Fsp3) is 0.364. The second kappa shape index (κ2) is 5.65. The van der Waals surface area contributed by atoms with Crippen LogP contribution in [0.3, 0.4) is 0 Å². The van der Waals surface area contributed by atoms with Crippen molar-refractivity contribution in [2.75, 3.05) is 7.05 Å². The van der Waals surface area contributed by atoms with Crippen molar-refractivity contribution in [2.24, 2.45) is 7.05 Å². The topological polar surface area (TPSA) is 29.9 Å². The second-order valence-electron chi connectivity index (χ2n) is 3.77. The minimum atomic E-state index is 0.295. The minimum absolute atomic E-state index is 0.295. The molecule has 2 rings (SSSR count). The van der Waals surface area contributed by atoms with Crippen molar-refractivity contribution in [3.8, 4) is 0 Å². The Balaban J connectivity index is 2.20. The third kappa shape index (κ3) is 2.99. The Kier molecular flexibility index (Phi) is 4.41. The molecule has 6 heteroatoms. The number of thiophene rings is 1. The van der Waals surface area contributed by atoms with Crippen molar-refractivity contribution in [3.05, 3.63) is 37.4 Å². The van der Waals surface area contributed by atoms with Gasteiger partial charge in [-0.05, 0) is 45.0 Å². The van der Waals surface area contributed by atoms with Crippen LogP contribution in [0.5, 0.6) is 0 Å². The molecule has 3 nitrogen and oxygen atoms in total. The van der Waals surface area contributed by atoms with Gasteiger partial charge in [0.15, 0.2) is 0 Å². The van der Waals surface area contributed by atoms with E-state index in [1.165, 1.54) is 4.88 Å². The highest BCUT2D eigenvalue weighted by Crippen LogP contribution is 2.36. The normalized spacial score (nSPS) is 12.9. The molecule has 0 radical (unpaired) electrons. The number of nitrogens with zero attached hydrogens (tertiary/aromatic N) is 2. The van der Waals surface area contributed by atoms with E-state index in [9.17, 15) is 0 Å². The zero-order valence-electron chi connectivity index (χ0n) is 9.58. The molecule has 92 valence electrons. The van der Waals surface area contributed by atoms with Gasteiger partial charge in [-0.15, -0.1) is 11.3 Å². The van der Waals surface area contributed by atoms with Gasteiger partial charge in [0.25, 0.3) is 0 Å². The van der Waals surface area contributed by atoms with Gasteiger partial charge < -0.3 is 9.88 Å². The van der Waals surface area contributed by atoms with Gasteiger partial charge in [0.05, 0.1) is 3.79 Å². The van der Waals surface area contributed by atoms with Crippen LogP contribution in [0.2, 0.25) is 0 Å². The molecule has 1 atom stereocenters. The SMILES string of the molecule is CNC(Cc1nccn1C)c1cc(Br)c(Br)s1. The Bertz CT molecular complexity index is 487. The molecule has 0 aliphatic heterocycles.